The van der Waals surface area contributed by atoms with Crippen LogP contribution in [0, 0.1) is 11.3 Å². The number of nitrogens with zero attached hydrogens (tertiary/aromatic N) is 1. The predicted octanol–water partition coefficient (Wildman–Crippen LogP) is 2.41. The van der Waals surface area contributed by atoms with Gasteiger partial charge in [0.05, 0.1) is 6.07 Å². The molecular formula is C14H12N2. The number of hydrogen-bond donors (Lipinski definition) is 1. The topological polar surface area (TPSA) is 49.8 Å². The lowest BCUT2D eigenvalue weighted by Crippen LogP contribution is -2.36. The normalized spacial score (nSPS) is 10.8. The number of hydrogen-bond acceptors (Lipinski definition) is 2. The Hall–Kier alpha value is -2.11. The smallest absolute Gasteiger partial charge is 0.155 e. The van der Waals surface area contributed by atoms with Crippen molar-refractivity contribution in [1.29, 1.82) is 5.26 Å². The number of nitriles is 1. The summed E-state index contributed by atoms with van der Waals surface area (Å²) in [4.78, 5) is 0. The fourth-order valence-corrected chi connectivity index (χ4v) is 1.70. The van der Waals surface area contributed by atoms with Crippen LogP contribution in [0.2, 0.25) is 0 Å². The third-order valence-corrected chi connectivity index (χ3v) is 2.63. The number of benzene rings is 2. The highest BCUT2D eigenvalue weighted by atomic mass is 14.7. The lowest BCUT2D eigenvalue weighted by atomic mass is 9.85. The third kappa shape index (κ3) is 1.69. The van der Waals surface area contributed by atoms with Crippen LogP contribution in [0.1, 0.15) is 11.1 Å². The Labute approximate surface area is 95.0 Å². The van der Waals surface area contributed by atoms with Crippen molar-refractivity contribution in [2.45, 2.75) is 5.54 Å². The molecule has 2 aromatic carbocycles. The second-order valence-electron chi connectivity index (χ2n) is 3.65. The Morgan fingerprint density at radius 1 is 0.812 bits per heavy atom. The van der Waals surface area contributed by atoms with E-state index in [2.05, 4.69) is 6.07 Å². The van der Waals surface area contributed by atoms with E-state index in [1.807, 2.05) is 60.7 Å². The first kappa shape index (κ1) is 10.4. The van der Waals surface area contributed by atoms with E-state index >= 15 is 0 Å². The van der Waals surface area contributed by atoms with E-state index in [-0.39, 0.29) is 0 Å². The highest BCUT2D eigenvalue weighted by molar-refractivity contribution is 5.43. The Morgan fingerprint density at radius 2 is 1.19 bits per heavy atom. The Kier molecular flexibility index (Phi) is 2.72. The maximum absolute atomic E-state index is 9.32. The summed E-state index contributed by atoms with van der Waals surface area (Å²) in [5.41, 5.74) is 6.73. The quantitative estimate of drug-likeness (QED) is 0.823. The summed E-state index contributed by atoms with van der Waals surface area (Å²) in [5.74, 6) is 0. The predicted molar refractivity (Wildman–Crippen MR) is 63.5 cm³/mol. The molecule has 0 aliphatic rings. The van der Waals surface area contributed by atoms with Gasteiger partial charge >= 0.3 is 0 Å². The van der Waals surface area contributed by atoms with Crippen LogP contribution in [0.25, 0.3) is 0 Å². The van der Waals surface area contributed by atoms with Crippen LogP contribution in [0.5, 0.6) is 0 Å². The Balaban J connectivity index is 2.55. The first-order chi connectivity index (χ1) is 7.77. The minimum Gasteiger partial charge on any atom is -0.306 e. The van der Waals surface area contributed by atoms with Gasteiger partial charge in [0.25, 0.3) is 0 Å². The van der Waals surface area contributed by atoms with E-state index in [4.69, 9.17) is 5.73 Å². The van der Waals surface area contributed by atoms with Gasteiger partial charge in [0.1, 0.15) is 0 Å². The SMILES string of the molecule is N#CC(N)(c1ccccc1)c1ccccc1. The number of nitrogens with two attached hydrogens (primary N) is 1. The zero-order valence-corrected chi connectivity index (χ0v) is 8.80. The number of rotatable bonds is 2. The molecule has 0 radical (unpaired) electrons. The molecule has 0 amide bonds. The standard InChI is InChI=1S/C14H12N2/c15-11-14(16,12-7-3-1-4-8-12)13-9-5-2-6-10-13/h1-10H,16H2. The van der Waals surface area contributed by atoms with Crippen molar-refractivity contribution in [2.75, 3.05) is 0 Å². The summed E-state index contributed by atoms with van der Waals surface area (Å²) in [7, 11) is 0. The largest absolute Gasteiger partial charge is 0.306 e. The molecule has 0 bridgehead atoms. The first-order valence-electron chi connectivity index (χ1n) is 5.08. The van der Waals surface area contributed by atoms with Gasteiger partial charge in [-0.25, -0.2) is 0 Å². The molecule has 2 heteroatoms. The monoisotopic (exact) mass is 208 g/mol. The fourth-order valence-electron chi connectivity index (χ4n) is 1.70. The lowest BCUT2D eigenvalue weighted by molar-refractivity contribution is 0.698. The highest BCUT2D eigenvalue weighted by Gasteiger charge is 2.28. The van der Waals surface area contributed by atoms with Gasteiger partial charge in [0.2, 0.25) is 0 Å². The molecule has 2 nitrogen and oxygen atoms in total. The van der Waals surface area contributed by atoms with Gasteiger partial charge in [-0.1, -0.05) is 60.7 Å². The van der Waals surface area contributed by atoms with Gasteiger partial charge in [0, 0.05) is 0 Å². The summed E-state index contributed by atoms with van der Waals surface area (Å²) < 4.78 is 0. The Bertz CT molecular complexity index is 458. The molecule has 2 aromatic rings. The van der Waals surface area contributed by atoms with E-state index < -0.39 is 5.54 Å². The second kappa shape index (κ2) is 4.18. The van der Waals surface area contributed by atoms with Crippen LogP contribution in [0.3, 0.4) is 0 Å². The molecule has 0 atom stereocenters. The van der Waals surface area contributed by atoms with E-state index in [1.165, 1.54) is 0 Å². The maximum Gasteiger partial charge on any atom is 0.155 e. The summed E-state index contributed by atoms with van der Waals surface area (Å²) in [5, 5.41) is 9.32. The Morgan fingerprint density at radius 3 is 1.50 bits per heavy atom. The molecule has 0 saturated heterocycles. The average Bonchev–Trinajstić information content (AvgIpc) is 2.40. The highest BCUT2D eigenvalue weighted by Crippen LogP contribution is 2.25. The molecule has 2 rings (SSSR count). The summed E-state index contributed by atoms with van der Waals surface area (Å²) >= 11 is 0. The minimum absolute atomic E-state index is 0.809. The van der Waals surface area contributed by atoms with Crippen molar-refractivity contribution in [2.24, 2.45) is 5.73 Å². The van der Waals surface area contributed by atoms with Gasteiger partial charge in [-0.3, -0.25) is 0 Å². The van der Waals surface area contributed by atoms with E-state index in [0.29, 0.717) is 0 Å². The van der Waals surface area contributed by atoms with Crippen molar-refractivity contribution in [3.63, 3.8) is 0 Å². The van der Waals surface area contributed by atoms with Gasteiger partial charge in [-0.15, -0.1) is 0 Å². The molecule has 2 N–H and O–H groups in total. The molecule has 78 valence electrons. The van der Waals surface area contributed by atoms with Crippen LogP contribution in [-0.4, -0.2) is 0 Å². The molecule has 0 heterocycles. The summed E-state index contributed by atoms with van der Waals surface area (Å²) in [6, 6.07) is 21.0. The van der Waals surface area contributed by atoms with Crippen LogP contribution in [0.15, 0.2) is 60.7 Å². The van der Waals surface area contributed by atoms with Crippen molar-refractivity contribution in [1.82, 2.24) is 0 Å². The average molecular weight is 208 g/mol. The van der Waals surface area contributed by atoms with Crippen LogP contribution < -0.4 is 5.73 Å². The van der Waals surface area contributed by atoms with Gasteiger partial charge in [0.15, 0.2) is 5.54 Å². The first-order valence-corrected chi connectivity index (χ1v) is 5.08. The van der Waals surface area contributed by atoms with Gasteiger partial charge in [-0.2, -0.15) is 5.26 Å². The van der Waals surface area contributed by atoms with Crippen molar-refractivity contribution in [3.05, 3.63) is 71.8 Å². The third-order valence-electron chi connectivity index (χ3n) is 2.63. The zero-order valence-electron chi connectivity index (χ0n) is 8.80. The molecule has 0 unspecified atom stereocenters. The van der Waals surface area contributed by atoms with Gasteiger partial charge < -0.3 is 5.73 Å². The van der Waals surface area contributed by atoms with Crippen molar-refractivity contribution >= 4 is 0 Å². The molecular weight excluding hydrogens is 196 g/mol. The lowest BCUT2D eigenvalue weighted by Gasteiger charge is -2.22. The molecule has 0 saturated carbocycles. The fraction of sp³-hybridized carbons (Fsp3) is 0.0714. The summed E-state index contributed by atoms with van der Waals surface area (Å²) in [6.07, 6.45) is 0. The van der Waals surface area contributed by atoms with Crippen molar-refractivity contribution in [3.8, 4) is 6.07 Å². The maximum atomic E-state index is 9.32. The molecule has 0 fully saturated rings. The van der Waals surface area contributed by atoms with Crippen molar-refractivity contribution < 1.29 is 0 Å². The molecule has 16 heavy (non-hydrogen) atoms. The van der Waals surface area contributed by atoms with E-state index in [0.717, 1.165) is 11.1 Å². The minimum atomic E-state index is -1.07. The molecule has 0 aromatic heterocycles. The zero-order chi connectivity index (χ0) is 11.4. The second-order valence-corrected chi connectivity index (χ2v) is 3.65. The van der Waals surface area contributed by atoms with Crippen LogP contribution in [0.4, 0.5) is 0 Å². The molecule has 0 aliphatic heterocycles. The van der Waals surface area contributed by atoms with E-state index in [9.17, 15) is 5.26 Å². The summed E-state index contributed by atoms with van der Waals surface area (Å²) in [6.45, 7) is 0. The molecule has 0 aliphatic carbocycles. The van der Waals surface area contributed by atoms with E-state index in [1.54, 1.807) is 0 Å². The van der Waals surface area contributed by atoms with Crippen LogP contribution in [-0.2, 0) is 5.54 Å². The van der Waals surface area contributed by atoms with Crippen LogP contribution >= 0.6 is 0 Å². The molecule has 0 spiro atoms. The van der Waals surface area contributed by atoms with Gasteiger partial charge in [-0.05, 0) is 11.1 Å².